The fraction of sp³-hybridized carbons (Fsp3) is 0.647. The summed E-state index contributed by atoms with van der Waals surface area (Å²) in [7, 11) is 1.68. The van der Waals surface area contributed by atoms with Crippen molar-refractivity contribution < 1.29 is 29.0 Å². The highest BCUT2D eigenvalue weighted by atomic mass is 16.5. The number of carboxylic acid groups (broad SMARTS) is 1. The van der Waals surface area contributed by atoms with Crippen LogP contribution in [0.5, 0.6) is 0 Å². The Kier molecular flexibility index (Phi) is 11.7. The number of carbonyl (C=O) groups is 3. The molecule has 45 heavy (non-hydrogen) atoms. The number of hydrogen-bond acceptors (Lipinski definition) is 6. The summed E-state index contributed by atoms with van der Waals surface area (Å²) in [6.07, 6.45) is 4.51. The van der Waals surface area contributed by atoms with Gasteiger partial charge in [0.15, 0.2) is 0 Å². The number of piperidine rings is 1. The van der Waals surface area contributed by atoms with Gasteiger partial charge in [0.25, 0.3) is 5.91 Å². The van der Waals surface area contributed by atoms with Crippen LogP contribution in [0, 0.1) is 17.3 Å². The number of amides is 3. The van der Waals surface area contributed by atoms with E-state index in [9.17, 15) is 19.5 Å². The summed E-state index contributed by atoms with van der Waals surface area (Å²) in [6, 6.07) is 6.69. The van der Waals surface area contributed by atoms with Crippen LogP contribution in [-0.4, -0.2) is 112 Å². The number of aromatic nitrogens is 2. The number of nitrogens with zero attached hydrogens (tertiary/aromatic N) is 5. The highest BCUT2D eigenvalue weighted by Crippen LogP contribution is 2.39. The minimum absolute atomic E-state index is 0.0702. The van der Waals surface area contributed by atoms with Crippen LogP contribution < -0.4 is 0 Å². The SMILES string of the molecule is COCCCCn1c(C(=O)N(CC(C)C)[C@H]2C[C@@H](C(=O)N3CCOCC3)CN(C(=O)O)C2C(C)(C)C)ccc1-c1cccnc1. The van der Waals surface area contributed by atoms with Crippen LogP contribution in [0.2, 0.25) is 0 Å². The minimum Gasteiger partial charge on any atom is -0.465 e. The first kappa shape index (κ1) is 34.4. The summed E-state index contributed by atoms with van der Waals surface area (Å²) in [6.45, 7) is 13.8. The Balaban J connectivity index is 1.78. The Hall–Kier alpha value is -3.44. The maximum atomic E-state index is 14.8. The van der Waals surface area contributed by atoms with Crippen LogP contribution in [0.4, 0.5) is 4.79 Å². The van der Waals surface area contributed by atoms with Gasteiger partial charge in [0.1, 0.15) is 5.69 Å². The third-order valence-corrected chi connectivity index (χ3v) is 8.81. The van der Waals surface area contributed by atoms with Crippen molar-refractivity contribution in [2.24, 2.45) is 17.3 Å². The van der Waals surface area contributed by atoms with Gasteiger partial charge in [-0.3, -0.25) is 14.6 Å². The van der Waals surface area contributed by atoms with E-state index in [1.54, 1.807) is 24.4 Å². The van der Waals surface area contributed by atoms with Crippen LogP contribution >= 0.6 is 0 Å². The Morgan fingerprint density at radius 1 is 1.13 bits per heavy atom. The zero-order valence-electron chi connectivity index (χ0n) is 27.8. The highest BCUT2D eigenvalue weighted by Gasteiger charge is 2.50. The summed E-state index contributed by atoms with van der Waals surface area (Å²) >= 11 is 0. The molecule has 0 saturated carbocycles. The van der Waals surface area contributed by atoms with Gasteiger partial charge in [-0.25, -0.2) is 4.79 Å². The van der Waals surface area contributed by atoms with Crippen molar-refractivity contribution in [3.05, 3.63) is 42.4 Å². The van der Waals surface area contributed by atoms with Gasteiger partial charge in [-0.15, -0.1) is 0 Å². The van der Waals surface area contributed by atoms with Gasteiger partial charge < -0.3 is 33.8 Å². The van der Waals surface area contributed by atoms with Crippen molar-refractivity contribution >= 4 is 17.9 Å². The van der Waals surface area contributed by atoms with Crippen LogP contribution in [0.3, 0.4) is 0 Å². The Labute approximate surface area is 267 Å². The second-order valence-electron chi connectivity index (χ2n) is 13.7. The average molecular weight is 626 g/mol. The van der Waals surface area contributed by atoms with Crippen LogP contribution in [-0.2, 0) is 20.8 Å². The molecule has 0 spiro atoms. The number of carbonyl (C=O) groups excluding carboxylic acids is 2. The molecule has 1 N–H and O–H groups in total. The summed E-state index contributed by atoms with van der Waals surface area (Å²) in [5, 5.41) is 10.5. The molecule has 2 saturated heterocycles. The number of unbranched alkanes of at least 4 members (excludes halogenated alkanes) is 1. The molecule has 0 bridgehead atoms. The first-order valence-corrected chi connectivity index (χ1v) is 16.2. The molecule has 3 atom stereocenters. The standard InChI is InChI=1S/C34H51N5O6/c1-24(2)22-38(32(41)28-12-11-27(25-10-9-13-35-21-25)37(28)14-7-8-17-44-6)29-20-26(31(40)36-15-18-45-19-16-36)23-39(33(42)43)30(29)34(3,4)5/h9-13,21,24,26,29-30H,7-8,14-20,22-23H2,1-6H3,(H,42,43)/t26-,29+,30?/m1/s1. The molecule has 2 aliphatic rings. The van der Waals surface area contributed by atoms with Crippen LogP contribution in [0.1, 0.15) is 64.4 Å². The lowest BCUT2D eigenvalue weighted by Crippen LogP contribution is -2.66. The van der Waals surface area contributed by atoms with Gasteiger partial charge in [-0.2, -0.15) is 0 Å². The average Bonchev–Trinajstić information content (AvgIpc) is 3.44. The maximum Gasteiger partial charge on any atom is 0.407 e. The lowest BCUT2D eigenvalue weighted by atomic mass is 9.74. The number of hydrogen-bond donors (Lipinski definition) is 1. The normalized spacial score (nSPS) is 20.8. The zero-order valence-corrected chi connectivity index (χ0v) is 27.8. The molecule has 2 aliphatic heterocycles. The largest absolute Gasteiger partial charge is 0.465 e. The quantitative estimate of drug-likeness (QED) is 0.359. The van der Waals surface area contributed by atoms with E-state index < -0.39 is 29.5 Å². The second kappa shape index (κ2) is 15.2. The van der Waals surface area contributed by atoms with Crippen molar-refractivity contribution in [1.29, 1.82) is 0 Å². The van der Waals surface area contributed by atoms with Crippen molar-refractivity contribution in [1.82, 2.24) is 24.3 Å². The molecule has 0 aliphatic carbocycles. The summed E-state index contributed by atoms with van der Waals surface area (Å²) in [5.74, 6) is -0.669. The minimum atomic E-state index is -1.07. The lowest BCUT2D eigenvalue weighted by Gasteiger charge is -2.52. The van der Waals surface area contributed by atoms with Gasteiger partial charge in [0.05, 0.1) is 36.9 Å². The third kappa shape index (κ3) is 8.24. The molecule has 1 unspecified atom stereocenters. The molecule has 2 aromatic heterocycles. The molecule has 4 heterocycles. The number of methoxy groups -OCH3 is 1. The van der Waals surface area contributed by atoms with Crippen molar-refractivity contribution in [3.8, 4) is 11.3 Å². The molecule has 2 aromatic rings. The number of morpholine rings is 1. The summed E-state index contributed by atoms with van der Waals surface area (Å²) in [5.41, 5.74) is 1.87. The topological polar surface area (TPSA) is 117 Å². The van der Waals surface area contributed by atoms with Gasteiger partial charge in [-0.05, 0) is 54.9 Å². The zero-order chi connectivity index (χ0) is 32.7. The molecular weight excluding hydrogens is 574 g/mol. The number of likely N-dealkylation sites (tertiary alicyclic amines) is 1. The number of rotatable bonds is 11. The molecule has 0 radical (unpaired) electrons. The van der Waals surface area contributed by atoms with Gasteiger partial charge in [-0.1, -0.05) is 34.6 Å². The highest BCUT2D eigenvalue weighted by molar-refractivity contribution is 5.94. The van der Waals surface area contributed by atoms with E-state index in [2.05, 4.69) is 23.4 Å². The molecule has 11 nitrogen and oxygen atoms in total. The van der Waals surface area contributed by atoms with E-state index in [0.717, 1.165) is 24.1 Å². The van der Waals surface area contributed by atoms with E-state index in [4.69, 9.17) is 9.47 Å². The van der Waals surface area contributed by atoms with Crippen molar-refractivity contribution in [2.75, 3.05) is 53.1 Å². The molecular formula is C34H51N5O6. The van der Waals surface area contributed by atoms with E-state index in [0.29, 0.717) is 58.1 Å². The van der Waals surface area contributed by atoms with E-state index >= 15 is 0 Å². The molecule has 3 amide bonds. The predicted octanol–water partition coefficient (Wildman–Crippen LogP) is 4.72. The Morgan fingerprint density at radius 2 is 1.87 bits per heavy atom. The van der Waals surface area contributed by atoms with Crippen LogP contribution in [0.15, 0.2) is 36.7 Å². The van der Waals surface area contributed by atoms with E-state index in [1.165, 1.54) is 4.90 Å². The summed E-state index contributed by atoms with van der Waals surface area (Å²) in [4.78, 5) is 50.9. The second-order valence-corrected chi connectivity index (χ2v) is 13.7. The summed E-state index contributed by atoms with van der Waals surface area (Å²) < 4.78 is 12.8. The van der Waals surface area contributed by atoms with Gasteiger partial charge in [0.2, 0.25) is 5.91 Å². The van der Waals surface area contributed by atoms with E-state index in [-0.39, 0.29) is 24.3 Å². The first-order valence-electron chi connectivity index (χ1n) is 16.2. The fourth-order valence-electron chi connectivity index (χ4n) is 6.90. The molecule has 248 valence electrons. The lowest BCUT2D eigenvalue weighted by molar-refractivity contribution is -0.144. The van der Waals surface area contributed by atoms with Crippen molar-refractivity contribution in [2.45, 2.75) is 72.5 Å². The van der Waals surface area contributed by atoms with Crippen molar-refractivity contribution in [3.63, 3.8) is 0 Å². The molecule has 4 rings (SSSR count). The monoisotopic (exact) mass is 625 g/mol. The predicted molar refractivity (Wildman–Crippen MR) is 172 cm³/mol. The number of pyridine rings is 1. The molecule has 0 aromatic carbocycles. The van der Waals surface area contributed by atoms with Gasteiger partial charge in [0, 0.05) is 64.4 Å². The Morgan fingerprint density at radius 3 is 2.47 bits per heavy atom. The Bertz CT molecular complexity index is 1280. The van der Waals surface area contributed by atoms with Crippen LogP contribution in [0.25, 0.3) is 11.3 Å². The van der Waals surface area contributed by atoms with Gasteiger partial charge >= 0.3 is 6.09 Å². The number of ether oxygens (including phenoxy) is 2. The first-order chi connectivity index (χ1) is 21.4. The maximum absolute atomic E-state index is 14.8. The molecule has 11 heteroatoms. The van der Waals surface area contributed by atoms with E-state index in [1.807, 2.05) is 49.9 Å². The smallest absolute Gasteiger partial charge is 0.407 e. The third-order valence-electron chi connectivity index (χ3n) is 8.81. The fourth-order valence-corrected chi connectivity index (χ4v) is 6.90. The molecule has 2 fully saturated rings.